The molecule has 11 nitrogen and oxygen atoms in total. The number of aliphatic imine (C=N–C) groups is 1. The Balaban J connectivity index is 1.43. The molecule has 1 aliphatic heterocycles. The van der Waals surface area contributed by atoms with Gasteiger partial charge in [0.05, 0.1) is 24.5 Å². The van der Waals surface area contributed by atoms with Crippen LogP contribution >= 0.6 is 0 Å². The maximum Gasteiger partial charge on any atom is 0.354 e. The second-order valence-corrected chi connectivity index (χ2v) is 8.17. The number of aliphatic hydroxyl groups excluding tert-OH is 1. The molecule has 11 heteroatoms. The minimum Gasteiger partial charge on any atom is -0.394 e. The Hall–Kier alpha value is -3.25. The predicted octanol–water partition coefficient (Wildman–Crippen LogP) is -0.383. The van der Waals surface area contributed by atoms with E-state index < -0.39 is 0 Å². The van der Waals surface area contributed by atoms with Gasteiger partial charge >= 0.3 is 5.69 Å². The molecular weight excluding hydrogens is 424 g/mol. The quantitative estimate of drug-likeness (QED) is 0.144. The number of nitrogens with one attached hydrogen (secondary N) is 2. The SMILES string of the molecule is NC(N)=NCCCNCc1ccc(-n2cc3cc(C4C[C@@H](N)[C@@H](CO)O4)[nH]c3nc2=O)cc1. The highest BCUT2D eigenvalue weighted by Crippen LogP contribution is 2.32. The smallest absolute Gasteiger partial charge is 0.354 e. The summed E-state index contributed by atoms with van der Waals surface area (Å²) in [6.45, 7) is 1.97. The molecule has 1 unspecified atom stereocenters. The van der Waals surface area contributed by atoms with E-state index >= 15 is 0 Å². The van der Waals surface area contributed by atoms with Crippen LogP contribution in [0.2, 0.25) is 0 Å². The lowest BCUT2D eigenvalue weighted by Gasteiger charge is -2.11. The number of hydrogen-bond donors (Lipinski definition) is 6. The number of aromatic amines is 1. The van der Waals surface area contributed by atoms with Gasteiger partial charge in [0.15, 0.2) is 5.96 Å². The zero-order chi connectivity index (χ0) is 23.4. The number of guanidine groups is 1. The molecule has 4 rings (SSSR count). The topological polar surface area (TPSA) is 183 Å². The molecule has 1 aromatic carbocycles. The van der Waals surface area contributed by atoms with Crippen LogP contribution in [0.5, 0.6) is 0 Å². The van der Waals surface area contributed by atoms with Crippen molar-refractivity contribution in [2.75, 3.05) is 19.7 Å². The average Bonchev–Trinajstić information content (AvgIpc) is 3.38. The average molecular weight is 455 g/mol. The van der Waals surface area contributed by atoms with E-state index in [4.69, 9.17) is 21.9 Å². The first-order valence-corrected chi connectivity index (χ1v) is 10.9. The molecule has 9 N–H and O–H groups in total. The minimum absolute atomic E-state index is 0.107. The van der Waals surface area contributed by atoms with E-state index in [1.165, 1.54) is 4.57 Å². The third kappa shape index (κ3) is 5.40. The van der Waals surface area contributed by atoms with Crippen LogP contribution in [0.15, 0.2) is 46.3 Å². The largest absolute Gasteiger partial charge is 0.394 e. The van der Waals surface area contributed by atoms with E-state index in [1.807, 2.05) is 30.3 Å². The van der Waals surface area contributed by atoms with E-state index in [1.54, 1.807) is 6.20 Å². The first-order valence-electron chi connectivity index (χ1n) is 10.9. The summed E-state index contributed by atoms with van der Waals surface area (Å²) in [5, 5.41) is 13.5. The highest BCUT2D eigenvalue weighted by Gasteiger charge is 2.34. The van der Waals surface area contributed by atoms with Gasteiger partial charge in [-0.1, -0.05) is 12.1 Å². The highest BCUT2D eigenvalue weighted by atomic mass is 16.5. The van der Waals surface area contributed by atoms with Gasteiger partial charge in [-0.25, -0.2) is 4.79 Å². The molecule has 3 heterocycles. The molecule has 1 fully saturated rings. The minimum atomic E-state index is -0.388. The van der Waals surface area contributed by atoms with Crippen LogP contribution in [-0.2, 0) is 11.3 Å². The lowest BCUT2D eigenvalue weighted by atomic mass is 10.1. The standard InChI is InChI=1S/C22H30N8O3/c23-16-9-18(33-19(16)12-31)17-8-14-11-30(22(32)29-20(14)28-17)15-4-2-13(3-5-15)10-26-6-1-7-27-21(24)25/h2-5,8,11,16,18-19,26,31H,1,6-7,9-10,12,23H2,(H4,24,25,27)(H,28,29,32)/t16-,18?,19-/m1/s1. The van der Waals surface area contributed by atoms with E-state index in [0.717, 1.165) is 35.3 Å². The molecule has 0 bridgehead atoms. The fourth-order valence-corrected chi connectivity index (χ4v) is 3.94. The first-order chi connectivity index (χ1) is 15.9. The van der Waals surface area contributed by atoms with E-state index in [0.29, 0.717) is 25.2 Å². The number of fused-ring (bicyclic) bond motifs is 1. The van der Waals surface area contributed by atoms with E-state index in [9.17, 15) is 9.90 Å². The number of H-pyrrole nitrogens is 1. The number of ether oxygens (including phenoxy) is 1. The predicted molar refractivity (Wildman–Crippen MR) is 126 cm³/mol. The number of nitrogens with two attached hydrogens (primary N) is 3. The van der Waals surface area contributed by atoms with Crippen LogP contribution in [0.4, 0.5) is 0 Å². The fourth-order valence-electron chi connectivity index (χ4n) is 3.94. The van der Waals surface area contributed by atoms with Gasteiger partial charge in [0.1, 0.15) is 5.65 Å². The Morgan fingerprint density at radius 2 is 2.12 bits per heavy atom. The van der Waals surface area contributed by atoms with Gasteiger partial charge in [-0.05, 0) is 43.1 Å². The Labute approximate surface area is 190 Å². The van der Waals surface area contributed by atoms with Crippen molar-refractivity contribution in [2.45, 2.75) is 37.6 Å². The van der Waals surface area contributed by atoms with Crippen molar-refractivity contribution in [3.8, 4) is 5.69 Å². The molecule has 0 amide bonds. The van der Waals surface area contributed by atoms with Crippen LogP contribution in [0, 0.1) is 0 Å². The third-order valence-electron chi connectivity index (χ3n) is 5.71. The van der Waals surface area contributed by atoms with Crippen molar-refractivity contribution in [1.29, 1.82) is 0 Å². The van der Waals surface area contributed by atoms with Gasteiger partial charge in [0.2, 0.25) is 0 Å². The second kappa shape index (κ2) is 10.1. The Morgan fingerprint density at radius 3 is 2.82 bits per heavy atom. The summed E-state index contributed by atoms with van der Waals surface area (Å²) in [5.41, 5.74) is 19.4. The Morgan fingerprint density at radius 1 is 1.33 bits per heavy atom. The van der Waals surface area contributed by atoms with Gasteiger partial charge in [-0.15, -0.1) is 0 Å². The summed E-state index contributed by atoms with van der Waals surface area (Å²) in [6.07, 6.45) is 2.54. The van der Waals surface area contributed by atoms with Crippen molar-refractivity contribution < 1.29 is 9.84 Å². The van der Waals surface area contributed by atoms with Gasteiger partial charge in [0, 0.05) is 36.4 Å². The molecular formula is C22H30N8O3. The highest BCUT2D eigenvalue weighted by molar-refractivity contribution is 5.76. The molecule has 3 aromatic rings. The molecule has 0 radical (unpaired) electrons. The lowest BCUT2D eigenvalue weighted by Crippen LogP contribution is -2.32. The molecule has 176 valence electrons. The van der Waals surface area contributed by atoms with Crippen molar-refractivity contribution in [3.63, 3.8) is 0 Å². The molecule has 0 saturated carbocycles. The van der Waals surface area contributed by atoms with Crippen LogP contribution in [0.1, 0.15) is 30.2 Å². The zero-order valence-electron chi connectivity index (χ0n) is 18.3. The number of aliphatic hydroxyl groups is 1. The molecule has 1 saturated heterocycles. The van der Waals surface area contributed by atoms with Crippen LogP contribution in [-0.4, -0.2) is 57.4 Å². The summed E-state index contributed by atoms with van der Waals surface area (Å²) < 4.78 is 7.34. The molecule has 0 spiro atoms. The lowest BCUT2D eigenvalue weighted by molar-refractivity contribution is 0.00577. The Kier molecular flexibility index (Phi) is 7.04. The second-order valence-electron chi connectivity index (χ2n) is 8.17. The molecule has 1 aliphatic rings. The number of aromatic nitrogens is 3. The molecule has 3 atom stereocenters. The van der Waals surface area contributed by atoms with Crippen LogP contribution in [0.25, 0.3) is 16.7 Å². The van der Waals surface area contributed by atoms with Gasteiger partial charge in [-0.3, -0.25) is 9.56 Å². The summed E-state index contributed by atoms with van der Waals surface area (Å²) in [4.78, 5) is 23.9. The number of hydrogen-bond acceptors (Lipinski definition) is 7. The van der Waals surface area contributed by atoms with Crippen molar-refractivity contribution in [1.82, 2.24) is 19.9 Å². The first kappa shape index (κ1) is 22.9. The van der Waals surface area contributed by atoms with Gasteiger partial charge in [-0.2, -0.15) is 4.98 Å². The van der Waals surface area contributed by atoms with E-state index in [2.05, 4.69) is 20.3 Å². The third-order valence-corrected chi connectivity index (χ3v) is 5.71. The molecule has 0 aliphatic carbocycles. The molecule has 33 heavy (non-hydrogen) atoms. The van der Waals surface area contributed by atoms with Gasteiger partial charge < -0.3 is 37.3 Å². The van der Waals surface area contributed by atoms with Crippen molar-refractivity contribution in [3.05, 3.63) is 58.3 Å². The summed E-state index contributed by atoms with van der Waals surface area (Å²) >= 11 is 0. The number of benzene rings is 1. The summed E-state index contributed by atoms with van der Waals surface area (Å²) in [7, 11) is 0. The van der Waals surface area contributed by atoms with Crippen molar-refractivity contribution in [2.24, 2.45) is 22.2 Å². The zero-order valence-corrected chi connectivity index (χ0v) is 18.3. The van der Waals surface area contributed by atoms with Crippen LogP contribution < -0.4 is 28.2 Å². The normalized spacial score (nSPS) is 20.4. The Bertz CT molecular complexity index is 1170. The molecule has 2 aromatic heterocycles. The van der Waals surface area contributed by atoms with Crippen LogP contribution in [0.3, 0.4) is 0 Å². The summed E-state index contributed by atoms with van der Waals surface area (Å²) in [5.74, 6) is 0.107. The fraction of sp³-hybridized carbons (Fsp3) is 0.409. The maximum atomic E-state index is 12.6. The van der Waals surface area contributed by atoms with Crippen molar-refractivity contribution >= 4 is 17.0 Å². The monoisotopic (exact) mass is 454 g/mol. The summed E-state index contributed by atoms with van der Waals surface area (Å²) in [6, 6.07) is 9.41. The number of nitrogens with zero attached hydrogens (tertiary/aromatic N) is 3. The van der Waals surface area contributed by atoms with E-state index in [-0.39, 0.29) is 36.5 Å². The van der Waals surface area contributed by atoms with Gasteiger partial charge in [0.25, 0.3) is 0 Å². The number of rotatable bonds is 9. The maximum absolute atomic E-state index is 12.6.